The van der Waals surface area contributed by atoms with Crippen molar-refractivity contribution in [1.29, 1.82) is 0 Å². The van der Waals surface area contributed by atoms with Crippen molar-refractivity contribution in [3.63, 3.8) is 0 Å². The van der Waals surface area contributed by atoms with Crippen LogP contribution in [0.25, 0.3) is 0 Å². The van der Waals surface area contributed by atoms with Crippen LogP contribution in [-0.4, -0.2) is 25.9 Å². The Labute approximate surface area is 95.4 Å². The zero-order valence-corrected chi connectivity index (χ0v) is 10.3. The summed E-state index contributed by atoms with van der Waals surface area (Å²) >= 11 is 0. The number of hydrogen-bond acceptors (Lipinski definition) is 4. The van der Waals surface area contributed by atoms with E-state index >= 15 is 0 Å². The minimum absolute atomic E-state index is 0.0307. The maximum atomic E-state index is 9.81. The number of unbranched alkanes of at least 4 members (excludes halogenated alkanes) is 1. The SMILES string of the molecule is CCCCP(O)(O)(O)Cc1ccc(O)cc1. The Kier molecular flexibility index (Phi) is 3.92. The molecule has 92 valence electrons. The van der Waals surface area contributed by atoms with Crippen LogP contribution in [0.5, 0.6) is 5.75 Å². The number of rotatable bonds is 5. The van der Waals surface area contributed by atoms with E-state index in [1.54, 1.807) is 12.1 Å². The van der Waals surface area contributed by atoms with Crippen molar-refractivity contribution in [2.75, 3.05) is 6.16 Å². The van der Waals surface area contributed by atoms with Crippen molar-refractivity contribution in [3.8, 4) is 5.75 Å². The molecule has 0 bridgehead atoms. The summed E-state index contributed by atoms with van der Waals surface area (Å²) < 4.78 is 0. The molecule has 0 aliphatic carbocycles. The molecule has 1 aromatic rings. The summed E-state index contributed by atoms with van der Waals surface area (Å²) in [5, 5.41) is 9.08. The number of phenols is 1. The first-order chi connectivity index (χ1) is 7.30. The van der Waals surface area contributed by atoms with Crippen molar-refractivity contribution in [3.05, 3.63) is 29.8 Å². The Morgan fingerprint density at radius 1 is 1.06 bits per heavy atom. The third kappa shape index (κ3) is 4.45. The maximum absolute atomic E-state index is 9.81. The molecule has 4 N–H and O–H groups in total. The molecule has 0 unspecified atom stereocenters. The molecule has 5 heteroatoms. The molecular formula is C11H19O4P. The molecule has 0 saturated carbocycles. The molecule has 0 aromatic heterocycles. The van der Waals surface area contributed by atoms with Crippen LogP contribution in [0.15, 0.2) is 24.3 Å². The van der Waals surface area contributed by atoms with Gasteiger partial charge in [0.2, 0.25) is 0 Å². The minimum atomic E-state index is -4.53. The van der Waals surface area contributed by atoms with Gasteiger partial charge in [-0.15, -0.1) is 0 Å². The third-order valence-electron chi connectivity index (χ3n) is 2.41. The number of benzene rings is 1. The molecule has 0 fully saturated rings. The van der Waals surface area contributed by atoms with Gasteiger partial charge in [0.25, 0.3) is 0 Å². The van der Waals surface area contributed by atoms with E-state index in [2.05, 4.69) is 0 Å². The molecule has 1 rings (SSSR count). The summed E-state index contributed by atoms with van der Waals surface area (Å²) in [6, 6.07) is 6.07. The van der Waals surface area contributed by atoms with Gasteiger partial charge in [0.15, 0.2) is 0 Å². The Morgan fingerprint density at radius 3 is 2.12 bits per heavy atom. The molecule has 0 atom stereocenters. The van der Waals surface area contributed by atoms with E-state index in [-0.39, 0.29) is 18.1 Å². The van der Waals surface area contributed by atoms with Crippen LogP contribution in [0.2, 0.25) is 0 Å². The second-order valence-electron chi connectivity index (χ2n) is 4.24. The Balaban J connectivity index is 2.74. The monoisotopic (exact) mass is 246 g/mol. The van der Waals surface area contributed by atoms with E-state index in [1.165, 1.54) is 12.1 Å². The second kappa shape index (κ2) is 4.68. The molecule has 0 heterocycles. The van der Waals surface area contributed by atoms with E-state index in [1.807, 2.05) is 6.92 Å². The zero-order chi connectivity index (χ0) is 12.3. The van der Waals surface area contributed by atoms with Gasteiger partial charge in [0, 0.05) is 0 Å². The van der Waals surface area contributed by atoms with Gasteiger partial charge in [-0.1, -0.05) is 0 Å². The van der Waals surface area contributed by atoms with E-state index in [4.69, 9.17) is 5.11 Å². The molecule has 4 nitrogen and oxygen atoms in total. The van der Waals surface area contributed by atoms with Gasteiger partial charge in [-0.3, -0.25) is 0 Å². The quantitative estimate of drug-likeness (QED) is 0.599. The fraction of sp³-hybridized carbons (Fsp3) is 0.455. The van der Waals surface area contributed by atoms with Crippen molar-refractivity contribution in [2.45, 2.75) is 25.9 Å². The van der Waals surface area contributed by atoms with Gasteiger partial charge in [-0.25, -0.2) is 0 Å². The van der Waals surface area contributed by atoms with Crippen molar-refractivity contribution < 1.29 is 19.8 Å². The van der Waals surface area contributed by atoms with Crippen LogP contribution in [0.4, 0.5) is 0 Å². The van der Waals surface area contributed by atoms with Crippen LogP contribution < -0.4 is 0 Å². The predicted molar refractivity (Wildman–Crippen MR) is 65.2 cm³/mol. The molecule has 16 heavy (non-hydrogen) atoms. The van der Waals surface area contributed by atoms with Gasteiger partial charge in [0.05, 0.1) is 0 Å². The molecular weight excluding hydrogens is 227 g/mol. The van der Waals surface area contributed by atoms with E-state index < -0.39 is 7.28 Å². The van der Waals surface area contributed by atoms with E-state index in [9.17, 15) is 14.7 Å². The van der Waals surface area contributed by atoms with Gasteiger partial charge < -0.3 is 0 Å². The van der Waals surface area contributed by atoms with E-state index in [0.717, 1.165) is 6.42 Å². The topological polar surface area (TPSA) is 80.9 Å². The first kappa shape index (κ1) is 13.4. The number of aromatic hydroxyl groups is 1. The van der Waals surface area contributed by atoms with Crippen LogP contribution in [0.1, 0.15) is 25.3 Å². The summed E-state index contributed by atoms with van der Waals surface area (Å²) in [5.41, 5.74) is 0.610. The van der Waals surface area contributed by atoms with Crippen LogP contribution in [0, 0.1) is 0 Å². The Bertz CT molecular complexity index is 339. The van der Waals surface area contributed by atoms with Crippen molar-refractivity contribution in [2.24, 2.45) is 0 Å². The molecule has 0 spiro atoms. The molecule has 0 amide bonds. The molecule has 0 saturated heterocycles. The van der Waals surface area contributed by atoms with Gasteiger partial charge in [0.1, 0.15) is 0 Å². The summed E-state index contributed by atoms with van der Waals surface area (Å²) in [4.78, 5) is 29.4. The van der Waals surface area contributed by atoms with Crippen LogP contribution >= 0.6 is 7.28 Å². The predicted octanol–water partition coefficient (Wildman–Crippen LogP) is 1.97. The average Bonchev–Trinajstić information content (AvgIpc) is 2.18. The number of phenolic OH excluding ortho intramolecular Hbond substituents is 1. The normalized spacial score (nSPS) is 14.4. The molecule has 0 radical (unpaired) electrons. The standard InChI is InChI=1S/C11H19O4P/c1-2-3-8-16(13,14,15)9-10-4-6-11(12)7-5-10/h4-7,12-15H,2-3,8-9H2,1H3. The summed E-state index contributed by atoms with van der Waals surface area (Å²) in [6.45, 7) is 1.92. The van der Waals surface area contributed by atoms with Crippen molar-refractivity contribution >= 4 is 7.28 Å². The molecule has 0 aliphatic rings. The average molecular weight is 246 g/mol. The second-order valence-corrected chi connectivity index (χ2v) is 7.69. The summed E-state index contributed by atoms with van der Waals surface area (Å²) in [5.74, 6) is 0.117. The zero-order valence-electron chi connectivity index (χ0n) is 9.37. The van der Waals surface area contributed by atoms with Crippen LogP contribution in [-0.2, 0) is 6.16 Å². The number of hydrogen-bond donors (Lipinski definition) is 4. The molecule has 0 aliphatic heterocycles. The Morgan fingerprint density at radius 2 is 1.62 bits per heavy atom. The van der Waals surface area contributed by atoms with Crippen molar-refractivity contribution in [1.82, 2.24) is 0 Å². The molecule has 1 aromatic carbocycles. The van der Waals surface area contributed by atoms with E-state index in [0.29, 0.717) is 12.0 Å². The Hall–Kier alpha value is -0.670. The van der Waals surface area contributed by atoms with Gasteiger partial charge in [-0.2, -0.15) is 0 Å². The van der Waals surface area contributed by atoms with Gasteiger partial charge in [-0.05, 0) is 0 Å². The van der Waals surface area contributed by atoms with Gasteiger partial charge >= 0.3 is 94.7 Å². The fourth-order valence-corrected chi connectivity index (χ4v) is 3.62. The van der Waals surface area contributed by atoms with Crippen LogP contribution in [0.3, 0.4) is 0 Å². The first-order valence-corrected chi connectivity index (χ1v) is 7.80. The fourth-order valence-electron chi connectivity index (χ4n) is 1.54. The summed E-state index contributed by atoms with van der Waals surface area (Å²) in [6.07, 6.45) is 1.27. The first-order valence-electron chi connectivity index (χ1n) is 5.34. The third-order valence-corrected chi connectivity index (χ3v) is 4.66. The summed E-state index contributed by atoms with van der Waals surface area (Å²) in [7, 11) is -4.53.